The first-order valence-electron chi connectivity index (χ1n) is 5.45. The van der Waals surface area contributed by atoms with E-state index < -0.39 is 5.91 Å². The molecule has 0 aliphatic carbocycles. The summed E-state index contributed by atoms with van der Waals surface area (Å²) in [4.78, 5) is 25.9. The second-order valence-electron chi connectivity index (χ2n) is 3.77. The maximum atomic E-state index is 12.1. The summed E-state index contributed by atoms with van der Waals surface area (Å²) >= 11 is 7.36. The lowest BCUT2D eigenvalue weighted by Crippen LogP contribution is -2.32. The molecule has 0 saturated heterocycles. The minimum absolute atomic E-state index is 0.0138. The molecular formula is C12H12ClNO3S. The van der Waals surface area contributed by atoms with Crippen LogP contribution in [0.2, 0.25) is 0 Å². The Bertz CT molecular complexity index is 495. The quantitative estimate of drug-likeness (QED) is 0.615. The zero-order valence-electron chi connectivity index (χ0n) is 9.81. The number of hydrogen-bond acceptors (Lipinski definition) is 4. The summed E-state index contributed by atoms with van der Waals surface area (Å²) in [6.45, 7) is 0.833. The van der Waals surface area contributed by atoms with E-state index in [-0.39, 0.29) is 10.9 Å². The summed E-state index contributed by atoms with van der Waals surface area (Å²) in [5.41, 5.74) is 0.314. The number of amides is 2. The van der Waals surface area contributed by atoms with Crippen molar-refractivity contribution in [3.05, 3.63) is 27.4 Å². The van der Waals surface area contributed by atoms with Crippen molar-refractivity contribution in [2.45, 2.75) is 6.42 Å². The van der Waals surface area contributed by atoms with Gasteiger partial charge in [0.1, 0.15) is 5.03 Å². The monoisotopic (exact) mass is 285 g/mol. The molecule has 0 saturated carbocycles. The van der Waals surface area contributed by atoms with Gasteiger partial charge >= 0.3 is 0 Å². The lowest BCUT2D eigenvalue weighted by Gasteiger charge is -2.13. The number of rotatable bonds is 5. The molecule has 4 nitrogen and oxygen atoms in total. The highest BCUT2D eigenvalue weighted by atomic mass is 35.5. The van der Waals surface area contributed by atoms with Crippen molar-refractivity contribution in [1.29, 1.82) is 0 Å². The van der Waals surface area contributed by atoms with E-state index in [0.717, 1.165) is 4.88 Å². The molecule has 1 aromatic rings. The Morgan fingerprint density at radius 2 is 2.17 bits per heavy atom. The normalized spacial score (nSPS) is 16.0. The molecule has 6 heteroatoms. The van der Waals surface area contributed by atoms with Crippen molar-refractivity contribution in [2.75, 3.05) is 20.3 Å². The Morgan fingerprint density at radius 1 is 1.39 bits per heavy atom. The van der Waals surface area contributed by atoms with Crippen molar-refractivity contribution in [1.82, 2.24) is 4.90 Å². The molecular weight excluding hydrogens is 274 g/mol. The van der Waals surface area contributed by atoms with E-state index in [1.165, 1.54) is 16.2 Å². The average Bonchev–Trinajstić information content (AvgIpc) is 2.93. The zero-order chi connectivity index (χ0) is 13.1. The first-order chi connectivity index (χ1) is 8.66. The van der Waals surface area contributed by atoms with Crippen LogP contribution >= 0.6 is 22.9 Å². The van der Waals surface area contributed by atoms with Crippen LogP contribution in [0.4, 0.5) is 0 Å². The molecule has 0 radical (unpaired) electrons. The van der Waals surface area contributed by atoms with Gasteiger partial charge in [0.2, 0.25) is 0 Å². The molecule has 0 bridgehead atoms. The van der Waals surface area contributed by atoms with Gasteiger partial charge in [0.25, 0.3) is 11.8 Å². The topological polar surface area (TPSA) is 46.6 Å². The summed E-state index contributed by atoms with van der Waals surface area (Å²) < 4.78 is 4.90. The lowest BCUT2D eigenvalue weighted by molar-refractivity contribution is -0.136. The minimum atomic E-state index is -0.416. The highest BCUT2D eigenvalue weighted by Crippen LogP contribution is 2.33. The molecule has 0 spiro atoms. The average molecular weight is 286 g/mol. The van der Waals surface area contributed by atoms with Crippen molar-refractivity contribution in [2.24, 2.45) is 0 Å². The van der Waals surface area contributed by atoms with E-state index in [0.29, 0.717) is 25.1 Å². The van der Waals surface area contributed by atoms with E-state index in [2.05, 4.69) is 0 Å². The van der Waals surface area contributed by atoms with Crippen molar-refractivity contribution >= 4 is 40.3 Å². The predicted molar refractivity (Wildman–Crippen MR) is 70.3 cm³/mol. The molecule has 2 heterocycles. The lowest BCUT2D eigenvalue weighted by atomic mass is 10.2. The number of halogens is 1. The second-order valence-corrected chi connectivity index (χ2v) is 5.10. The summed E-state index contributed by atoms with van der Waals surface area (Å²) in [5.74, 6) is -0.732. The molecule has 0 aromatic carbocycles. The van der Waals surface area contributed by atoms with Gasteiger partial charge in [-0.1, -0.05) is 17.7 Å². The van der Waals surface area contributed by atoms with Crippen LogP contribution in [0.5, 0.6) is 0 Å². The van der Waals surface area contributed by atoms with E-state index >= 15 is 0 Å². The van der Waals surface area contributed by atoms with E-state index in [1.807, 2.05) is 11.4 Å². The molecule has 1 aliphatic heterocycles. The number of carbonyl (C=O) groups excluding carboxylic acids is 2. The van der Waals surface area contributed by atoms with E-state index in [9.17, 15) is 9.59 Å². The van der Waals surface area contributed by atoms with Gasteiger partial charge in [-0.05, 0) is 17.9 Å². The summed E-state index contributed by atoms with van der Waals surface area (Å²) in [5, 5.41) is 1.86. The van der Waals surface area contributed by atoms with Crippen LogP contribution in [-0.4, -0.2) is 37.0 Å². The smallest absolute Gasteiger partial charge is 0.273 e. The number of ether oxygens (including phenoxy) is 1. The summed E-state index contributed by atoms with van der Waals surface area (Å²) in [6.07, 6.45) is 0.607. The van der Waals surface area contributed by atoms with Gasteiger partial charge < -0.3 is 4.74 Å². The zero-order valence-corrected chi connectivity index (χ0v) is 11.4. The minimum Gasteiger partial charge on any atom is -0.385 e. The number of thiophene rings is 1. The summed E-state index contributed by atoms with van der Waals surface area (Å²) in [6, 6.07) is 3.61. The highest BCUT2D eigenvalue weighted by molar-refractivity contribution is 7.11. The van der Waals surface area contributed by atoms with Gasteiger partial charge in [-0.2, -0.15) is 0 Å². The standard InChI is InChI=1S/C12H12ClNO3S/c1-17-6-3-5-14-11(15)9(10(13)12(14)16)8-4-2-7-18-8/h2,4,7H,3,5-6H2,1H3. The molecule has 1 aromatic heterocycles. The third kappa shape index (κ3) is 2.34. The Balaban J connectivity index is 2.18. The van der Waals surface area contributed by atoms with Crippen molar-refractivity contribution < 1.29 is 14.3 Å². The molecule has 0 unspecified atom stereocenters. The SMILES string of the molecule is COCCCN1C(=O)C(Cl)=C(c2cccs2)C1=O. The Labute approximate surface area is 114 Å². The van der Waals surface area contributed by atoms with Gasteiger partial charge in [-0.3, -0.25) is 14.5 Å². The van der Waals surface area contributed by atoms with Crippen LogP contribution < -0.4 is 0 Å². The number of carbonyl (C=O) groups is 2. The maximum Gasteiger partial charge on any atom is 0.273 e. The number of nitrogens with zero attached hydrogens (tertiary/aromatic N) is 1. The molecule has 0 atom stereocenters. The molecule has 2 amide bonds. The van der Waals surface area contributed by atoms with Crippen molar-refractivity contribution in [3.63, 3.8) is 0 Å². The fourth-order valence-electron chi connectivity index (χ4n) is 1.75. The molecule has 96 valence electrons. The van der Waals surface area contributed by atoms with Gasteiger partial charge in [-0.15, -0.1) is 11.3 Å². The van der Waals surface area contributed by atoms with Gasteiger partial charge in [0.05, 0.1) is 5.57 Å². The molecule has 2 rings (SSSR count). The number of imide groups is 1. The first-order valence-corrected chi connectivity index (χ1v) is 6.71. The van der Waals surface area contributed by atoms with Crippen LogP contribution in [0.15, 0.2) is 22.5 Å². The third-order valence-electron chi connectivity index (χ3n) is 2.61. The van der Waals surface area contributed by atoms with Gasteiger partial charge in [0.15, 0.2) is 0 Å². The molecule has 18 heavy (non-hydrogen) atoms. The molecule has 0 N–H and O–H groups in total. The number of hydrogen-bond donors (Lipinski definition) is 0. The Morgan fingerprint density at radius 3 is 2.78 bits per heavy atom. The fraction of sp³-hybridized carbons (Fsp3) is 0.333. The largest absolute Gasteiger partial charge is 0.385 e. The van der Waals surface area contributed by atoms with Crippen LogP contribution in [-0.2, 0) is 14.3 Å². The Hall–Kier alpha value is -1.17. The van der Waals surface area contributed by atoms with Crippen molar-refractivity contribution in [3.8, 4) is 0 Å². The second kappa shape index (κ2) is 5.65. The molecule has 0 fully saturated rings. The van der Waals surface area contributed by atoms with Gasteiger partial charge in [-0.25, -0.2) is 0 Å². The number of methoxy groups -OCH3 is 1. The van der Waals surface area contributed by atoms with Crippen LogP contribution in [0.3, 0.4) is 0 Å². The van der Waals surface area contributed by atoms with Crippen LogP contribution in [0.25, 0.3) is 5.57 Å². The van der Waals surface area contributed by atoms with Crippen LogP contribution in [0, 0.1) is 0 Å². The van der Waals surface area contributed by atoms with E-state index in [4.69, 9.17) is 16.3 Å². The van der Waals surface area contributed by atoms with Gasteiger partial charge in [0, 0.05) is 25.1 Å². The molecule has 1 aliphatic rings. The fourth-order valence-corrected chi connectivity index (χ4v) is 2.86. The third-order valence-corrected chi connectivity index (χ3v) is 3.85. The summed E-state index contributed by atoms with van der Waals surface area (Å²) in [7, 11) is 1.58. The highest BCUT2D eigenvalue weighted by Gasteiger charge is 2.38. The first kappa shape index (κ1) is 13.3. The van der Waals surface area contributed by atoms with Crippen LogP contribution in [0.1, 0.15) is 11.3 Å². The Kier molecular flexibility index (Phi) is 4.16. The van der Waals surface area contributed by atoms with E-state index in [1.54, 1.807) is 13.2 Å². The maximum absolute atomic E-state index is 12.1. The predicted octanol–water partition coefficient (Wildman–Crippen LogP) is 2.10.